The van der Waals surface area contributed by atoms with Crippen LogP contribution in [0.5, 0.6) is 0 Å². The Morgan fingerprint density at radius 1 is 1.00 bits per heavy atom. The van der Waals surface area contributed by atoms with Crippen molar-refractivity contribution in [3.63, 3.8) is 0 Å². The van der Waals surface area contributed by atoms with Crippen molar-refractivity contribution >= 4 is 27.3 Å². The summed E-state index contributed by atoms with van der Waals surface area (Å²) >= 11 is 0. The fourth-order valence-corrected chi connectivity index (χ4v) is 0. The molecule has 0 heterocycles. The van der Waals surface area contributed by atoms with E-state index in [9.17, 15) is 0 Å². The Balaban J connectivity index is 0. The van der Waals surface area contributed by atoms with Gasteiger partial charge in [0.05, 0.1) is 0 Å². The van der Waals surface area contributed by atoms with Crippen molar-refractivity contribution in [3.8, 4) is 0 Å². The second-order valence-electron chi connectivity index (χ2n) is 0. The van der Waals surface area contributed by atoms with Gasteiger partial charge in [-0.1, -0.05) is 0 Å². The van der Waals surface area contributed by atoms with E-state index in [1.54, 1.807) is 0 Å². The maximum Gasteiger partial charge on any atom is 0 e. The van der Waals surface area contributed by atoms with Gasteiger partial charge in [0.15, 0.2) is 0 Å². The molecular formula is H2CuNiPbZn. The first-order chi connectivity index (χ1) is 0. The zero-order valence-corrected chi connectivity index (χ0v) is 12.4. The molecule has 0 amide bonds. The molecule has 0 atom stereocenters. The van der Waals surface area contributed by atoms with Gasteiger partial charge in [0, 0.05) is 53.0 Å². The monoisotopic (exact) mass is 395 g/mol. The summed E-state index contributed by atoms with van der Waals surface area (Å²) < 4.78 is 0. The van der Waals surface area contributed by atoms with Gasteiger partial charge in [-0.05, 0) is 0 Å². The van der Waals surface area contributed by atoms with Gasteiger partial charge in [-0.2, -0.15) is 0 Å². The molecule has 0 bridgehead atoms. The van der Waals surface area contributed by atoms with E-state index in [0.717, 1.165) is 0 Å². The maximum absolute atomic E-state index is 0. The van der Waals surface area contributed by atoms with E-state index >= 15 is 0 Å². The minimum absolute atomic E-state index is 0. The molecule has 0 aromatic rings. The molecule has 4 heteroatoms. The van der Waals surface area contributed by atoms with Crippen molar-refractivity contribution in [2.24, 2.45) is 0 Å². The summed E-state index contributed by atoms with van der Waals surface area (Å²) in [6, 6.07) is 0. The predicted molar refractivity (Wildman–Crippen MR) is 8.54 cm³/mol. The van der Waals surface area contributed by atoms with E-state index in [2.05, 4.69) is 0 Å². The molecule has 3 radical (unpaired) electrons. The molecule has 0 saturated heterocycles. The third-order valence-electron chi connectivity index (χ3n) is 0. The SMILES string of the molecule is [Cu].[Ni].[PbH2].[Zn]. The molecule has 0 nitrogen and oxygen atoms in total. The molecule has 0 N–H and O–H groups in total. The minimum Gasteiger partial charge on any atom is 0 e. The molecule has 0 saturated carbocycles. The van der Waals surface area contributed by atoms with Crippen molar-refractivity contribution in [1.82, 2.24) is 0 Å². The second-order valence-corrected chi connectivity index (χ2v) is 0. The Morgan fingerprint density at radius 2 is 1.00 bits per heavy atom. The van der Waals surface area contributed by atoms with Crippen LogP contribution >= 0.6 is 0 Å². The van der Waals surface area contributed by atoms with Crippen LogP contribution < -0.4 is 0 Å². The Labute approximate surface area is 79.2 Å². The van der Waals surface area contributed by atoms with Crippen LogP contribution in [0.4, 0.5) is 0 Å². The molecule has 29 valence electrons. The minimum atomic E-state index is 0. The van der Waals surface area contributed by atoms with Gasteiger partial charge in [0.2, 0.25) is 0 Å². The van der Waals surface area contributed by atoms with Crippen LogP contribution in [0.1, 0.15) is 0 Å². The summed E-state index contributed by atoms with van der Waals surface area (Å²) in [5.74, 6) is 0. The van der Waals surface area contributed by atoms with Crippen LogP contribution in [0.3, 0.4) is 0 Å². The zero-order valence-electron chi connectivity index (χ0n) is 2.03. The molecule has 4 heavy (non-hydrogen) atoms. The number of hydrogen-bond donors (Lipinski definition) is 0. The summed E-state index contributed by atoms with van der Waals surface area (Å²) in [7, 11) is 0. The fraction of sp³-hybridized carbons (Fsp3) is 0. The first-order valence-electron chi connectivity index (χ1n) is 0. The van der Waals surface area contributed by atoms with Gasteiger partial charge in [-0.15, -0.1) is 0 Å². The molecule has 0 unspecified atom stereocenters. The van der Waals surface area contributed by atoms with Crippen molar-refractivity contribution in [3.05, 3.63) is 0 Å². The van der Waals surface area contributed by atoms with Crippen LogP contribution in [-0.2, 0) is 53.0 Å². The Bertz CT molecular complexity index is 8.00. The Kier molecular flexibility index (Phi) is 137. The summed E-state index contributed by atoms with van der Waals surface area (Å²) in [5, 5.41) is 0. The quantitative estimate of drug-likeness (QED) is 0.465. The van der Waals surface area contributed by atoms with Gasteiger partial charge in [0.1, 0.15) is 0 Å². The van der Waals surface area contributed by atoms with Crippen molar-refractivity contribution in [2.45, 2.75) is 0 Å². The summed E-state index contributed by atoms with van der Waals surface area (Å²) in [6.45, 7) is 0. The molecule has 0 spiro atoms. The van der Waals surface area contributed by atoms with E-state index in [1.165, 1.54) is 0 Å². The van der Waals surface area contributed by atoms with Gasteiger partial charge in [0.25, 0.3) is 0 Å². The van der Waals surface area contributed by atoms with Crippen molar-refractivity contribution in [2.75, 3.05) is 0 Å². The van der Waals surface area contributed by atoms with E-state index in [-0.39, 0.29) is 80.3 Å². The van der Waals surface area contributed by atoms with E-state index in [0.29, 0.717) is 0 Å². The zero-order chi connectivity index (χ0) is 0. The average Bonchev–Trinajstić information content (AvgIpc) is 0. The van der Waals surface area contributed by atoms with E-state index in [1.807, 2.05) is 0 Å². The first kappa shape index (κ1) is 31.0. The molecule has 0 aliphatic rings. The fourth-order valence-electron chi connectivity index (χ4n) is 0. The van der Waals surface area contributed by atoms with Crippen molar-refractivity contribution in [1.29, 1.82) is 0 Å². The molecule has 0 aliphatic carbocycles. The van der Waals surface area contributed by atoms with Crippen LogP contribution in [0.2, 0.25) is 0 Å². The standard InChI is InChI=1S/Cu.Ni.Pb.Zn.2H. The molecule has 0 aromatic heterocycles. The maximum atomic E-state index is 0. The first-order valence-corrected chi connectivity index (χ1v) is 0. The molecule has 0 rings (SSSR count). The normalized spacial score (nSPS) is 0. The summed E-state index contributed by atoms with van der Waals surface area (Å²) in [5.41, 5.74) is 0. The van der Waals surface area contributed by atoms with Crippen LogP contribution in [-0.4, -0.2) is 27.3 Å². The smallest absolute Gasteiger partial charge is 0 e. The van der Waals surface area contributed by atoms with Gasteiger partial charge in [-0.3, -0.25) is 0 Å². The van der Waals surface area contributed by atoms with Crippen LogP contribution in [0, 0.1) is 0 Å². The van der Waals surface area contributed by atoms with Crippen molar-refractivity contribution < 1.29 is 53.0 Å². The van der Waals surface area contributed by atoms with E-state index < -0.39 is 0 Å². The number of hydrogen-bond acceptors (Lipinski definition) is 0. The Morgan fingerprint density at radius 3 is 1.00 bits per heavy atom. The largest absolute Gasteiger partial charge is 0 e. The molecule has 0 aromatic carbocycles. The Hall–Kier alpha value is 2.56. The third-order valence-corrected chi connectivity index (χ3v) is 0. The van der Waals surface area contributed by atoms with Gasteiger partial charge in [-0.25, -0.2) is 0 Å². The molecule has 0 fully saturated rings. The number of rotatable bonds is 0. The topological polar surface area (TPSA) is 0 Å². The van der Waals surface area contributed by atoms with Gasteiger partial charge >= 0.3 is 27.3 Å². The predicted octanol–water partition coefficient (Wildman–Crippen LogP) is -0.924. The third kappa shape index (κ3) is 8.82. The summed E-state index contributed by atoms with van der Waals surface area (Å²) in [6.07, 6.45) is 0. The van der Waals surface area contributed by atoms with Crippen LogP contribution in [0.15, 0.2) is 0 Å². The molecule has 0 aliphatic heterocycles. The second kappa shape index (κ2) is 17.6. The van der Waals surface area contributed by atoms with Gasteiger partial charge < -0.3 is 0 Å². The summed E-state index contributed by atoms with van der Waals surface area (Å²) in [4.78, 5) is 0. The average molecular weight is 397 g/mol. The van der Waals surface area contributed by atoms with Crippen LogP contribution in [0.25, 0.3) is 0 Å². The molecular weight excluding hydrogens is 395 g/mol. The van der Waals surface area contributed by atoms with E-state index in [4.69, 9.17) is 0 Å².